The van der Waals surface area contributed by atoms with Crippen molar-refractivity contribution in [3.05, 3.63) is 89.0 Å². The Labute approximate surface area is 189 Å². The van der Waals surface area contributed by atoms with Crippen LogP contribution in [0, 0.1) is 0 Å². The van der Waals surface area contributed by atoms with Crippen LogP contribution in [0.3, 0.4) is 0 Å². The van der Waals surface area contributed by atoms with E-state index in [9.17, 15) is 14.7 Å². The minimum Gasteiger partial charge on any atom is -0.497 e. The molecule has 3 aromatic carbocycles. The van der Waals surface area contributed by atoms with E-state index in [1.54, 1.807) is 66.7 Å². The maximum atomic E-state index is 13.6. The van der Waals surface area contributed by atoms with Gasteiger partial charge in [0.05, 0.1) is 19.8 Å². The number of carboxylic acid groups (broad SMARTS) is 1. The van der Waals surface area contributed by atoms with E-state index in [0.29, 0.717) is 39.2 Å². The van der Waals surface area contributed by atoms with Gasteiger partial charge in [0.15, 0.2) is 5.78 Å². The Morgan fingerprint density at radius 3 is 2.27 bits per heavy atom. The van der Waals surface area contributed by atoms with Crippen molar-refractivity contribution in [1.82, 2.24) is 10.3 Å². The van der Waals surface area contributed by atoms with Crippen LogP contribution in [0.25, 0.3) is 16.6 Å². The molecule has 0 atom stereocenters. The minimum atomic E-state index is -1.24. The number of hydrogen-bond donors (Lipinski definition) is 1. The third-order valence-corrected chi connectivity index (χ3v) is 5.24. The second-order valence-corrected chi connectivity index (χ2v) is 7.17. The SMILES string of the molecule is COc1ccc(C(=O)/C(Cc2ccccc2OC)=C(/C(=O)O)c2ccc3nonc3c2)cc1. The van der Waals surface area contributed by atoms with E-state index < -0.39 is 11.8 Å². The number of Topliss-reactive ketones (excluding diaryl/α,β-unsaturated/α-hetero) is 1. The summed E-state index contributed by atoms with van der Waals surface area (Å²) in [5.41, 5.74) is 2.18. The number of ether oxygens (including phenoxy) is 2. The minimum absolute atomic E-state index is 0.0472. The van der Waals surface area contributed by atoms with Gasteiger partial charge in [0, 0.05) is 17.6 Å². The van der Waals surface area contributed by atoms with Gasteiger partial charge in [-0.05, 0) is 63.9 Å². The van der Waals surface area contributed by atoms with Crippen LogP contribution in [0.5, 0.6) is 11.5 Å². The first-order valence-electron chi connectivity index (χ1n) is 10.0. The summed E-state index contributed by atoms with van der Waals surface area (Å²) in [6.45, 7) is 0. The molecule has 166 valence electrons. The molecule has 0 aliphatic rings. The first-order chi connectivity index (χ1) is 16.0. The fourth-order valence-corrected chi connectivity index (χ4v) is 3.60. The van der Waals surface area contributed by atoms with Gasteiger partial charge in [-0.2, -0.15) is 0 Å². The molecule has 1 aromatic heterocycles. The van der Waals surface area contributed by atoms with Crippen LogP contribution >= 0.6 is 0 Å². The van der Waals surface area contributed by atoms with Crippen molar-refractivity contribution in [2.24, 2.45) is 0 Å². The Kier molecular flexibility index (Phi) is 6.17. The number of ketones is 1. The predicted octanol–water partition coefficient (Wildman–Crippen LogP) is 4.20. The monoisotopic (exact) mass is 444 g/mol. The fraction of sp³-hybridized carbons (Fsp3) is 0.120. The van der Waals surface area contributed by atoms with Gasteiger partial charge in [0.25, 0.3) is 0 Å². The quantitative estimate of drug-likeness (QED) is 0.318. The van der Waals surface area contributed by atoms with E-state index >= 15 is 0 Å². The largest absolute Gasteiger partial charge is 0.497 e. The molecule has 0 fully saturated rings. The molecule has 0 radical (unpaired) electrons. The Bertz CT molecular complexity index is 1350. The highest BCUT2D eigenvalue weighted by atomic mass is 16.6. The molecule has 0 bridgehead atoms. The lowest BCUT2D eigenvalue weighted by Gasteiger charge is -2.15. The van der Waals surface area contributed by atoms with E-state index in [0.717, 1.165) is 0 Å². The maximum absolute atomic E-state index is 13.6. The third-order valence-electron chi connectivity index (χ3n) is 5.24. The summed E-state index contributed by atoms with van der Waals surface area (Å²) in [5.74, 6) is -0.514. The second kappa shape index (κ2) is 9.35. The summed E-state index contributed by atoms with van der Waals surface area (Å²) < 4.78 is 15.3. The third kappa shape index (κ3) is 4.45. The molecule has 4 aromatic rings. The summed E-state index contributed by atoms with van der Waals surface area (Å²) in [7, 11) is 3.05. The lowest BCUT2D eigenvalue weighted by molar-refractivity contribution is -0.130. The smallest absolute Gasteiger partial charge is 0.336 e. The molecule has 0 saturated carbocycles. The Morgan fingerprint density at radius 1 is 0.879 bits per heavy atom. The number of carbonyl (C=O) groups excluding carboxylic acids is 1. The highest BCUT2D eigenvalue weighted by Crippen LogP contribution is 2.30. The number of carboxylic acids is 1. The first kappa shape index (κ1) is 21.8. The number of hydrogen-bond acceptors (Lipinski definition) is 7. The average molecular weight is 444 g/mol. The maximum Gasteiger partial charge on any atom is 0.336 e. The summed E-state index contributed by atoms with van der Waals surface area (Å²) in [6, 6.07) is 18.4. The van der Waals surface area contributed by atoms with Crippen molar-refractivity contribution in [1.29, 1.82) is 0 Å². The molecule has 1 heterocycles. The molecule has 33 heavy (non-hydrogen) atoms. The normalized spacial score (nSPS) is 11.7. The van der Waals surface area contributed by atoms with E-state index in [-0.39, 0.29) is 17.6 Å². The Hall–Kier alpha value is -4.46. The lowest BCUT2D eigenvalue weighted by atomic mass is 9.89. The van der Waals surface area contributed by atoms with Gasteiger partial charge in [-0.1, -0.05) is 24.3 Å². The highest BCUT2D eigenvalue weighted by molar-refractivity contribution is 6.26. The highest BCUT2D eigenvalue weighted by Gasteiger charge is 2.25. The van der Waals surface area contributed by atoms with E-state index in [4.69, 9.17) is 14.1 Å². The molecular weight excluding hydrogens is 424 g/mol. The number of fused-ring (bicyclic) bond motifs is 1. The Morgan fingerprint density at radius 2 is 1.58 bits per heavy atom. The van der Waals surface area contributed by atoms with Gasteiger partial charge in [-0.25, -0.2) is 9.42 Å². The number of carbonyl (C=O) groups is 2. The molecule has 8 nitrogen and oxygen atoms in total. The van der Waals surface area contributed by atoms with E-state index in [1.807, 2.05) is 0 Å². The van der Waals surface area contributed by atoms with Crippen LogP contribution in [0.4, 0.5) is 0 Å². The number of aromatic nitrogens is 2. The van der Waals surface area contributed by atoms with Crippen molar-refractivity contribution in [2.75, 3.05) is 14.2 Å². The molecule has 0 aliphatic heterocycles. The molecule has 0 unspecified atom stereocenters. The molecule has 0 amide bonds. The summed E-state index contributed by atoms with van der Waals surface area (Å²) >= 11 is 0. The standard InChI is InChI=1S/C25H20N2O6/c1-31-18-10-7-15(8-11-18)24(28)19(13-16-5-3-4-6-22(16)32-2)23(25(29)30)17-9-12-20-21(14-17)27-33-26-20/h3-12,14H,13H2,1-2H3,(H,29,30)/b23-19+. The van der Waals surface area contributed by atoms with Crippen LogP contribution in [0.2, 0.25) is 0 Å². The van der Waals surface area contributed by atoms with E-state index in [1.165, 1.54) is 14.2 Å². The van der Waals surface area contributed by atoms with Crippen LogP contribution < -0.4 is 9.47 Å². The number of nitrogens with zero attached hydrogens (tertiary/aromatic N) is 2. The number of methoxy groups -OCH3 is 2. The second-order valence-electron chi connectivity index (χ2n) is 7.17. The Balaban J connectivity index is 1.91. The van der Waals surface area contributed by atoms with Gasteiger partial charge < -0.3 is 14.6 Å². The van der Waals surface area contributed by atoms with Crippen LogP contribution in [0.15, 0.2) is 76.9 Å². The zero-order chi connectivity index (χ0) is 23.4. The number of benzene rings is 3. The van der Waals surface area contributed by atoms with Crippen LogP contribution in [0.1, 0.15) is 21.5 Å². The fourth-order valence-electron chi connectivity index (χ4n) is 3.60. The molecule has 8 heteroatoms. The summed E-state index contributed by atoms with van der Waals surface area (Å²) in [5, 5.41) is 17.7. The molecule has 1 N–H and O–H groups in total. The zero-order valence-electron chi connectivity index (χ0n) is 17.9. The average Bonchev–Trinajstić information content (AvgIpc) is 3.31. The van der Waals surface area contributed by atoms with E-state index in [2.05, 4.69) is 10.3 Å². The van der Waals surface area contributed by atoms with Gasteiger partial charge >= 0.3 is 5.97 Å². The number of rotatable bonds is 8. The number of allylic oxidation sites excluding steroid dienone is 1. The number of aliphatic carboxylic acids is 1. The summed E-state index contributed by atoms with van der Waals surface area (Å²) in [4.78, 5) is 26.1. The van der Waals surface area contributed by atoms with Gasteiger partial charge in [-0.3, -0.25) is 4.79 Å². The first-order valence-corrected chi connectivity index (χ1v) is 10.0. The summed E-state index contributed by atoms with van der Waals surface area (Å²) in [6.07, 6.45) is 0.0472. The van der Waals surface area contributed by atoms with Crippen molar-refractivity contribution in [3.8, 4) is 11.5 Å². The van der Waals surface area contributed by atoms with Gasteiger partial charge in [0.1, 0.15) is 22.5 Å². The van der Waals surface area contributed by atoms with Gasteiger partial charge in [-0.15, -0.1) is 0 Å². The predicted molar refractivity (Wildman–Crippen MR) is 120 cm³/mol. The molecule has 0 spiro atoms. The van der Waals surface area contributed by atoms with Gasteiger partial charge in [0.2, 0.25) is 0 Å². The lowest BCUT2D eigenvalue weighted by Crippen LogP contribution is -2.14. The topological polar surface area (TPSA) is 112 Å². The molecule has 0 aliphatic carbocycles. The van der Waals surface area contributed by atoms with Crippen molar-refractivity contribution < 1.29 is 28.8 Å². The number of para-hydroxylation sites is 1. The van der Waals surface area contributed by atoms with Crippen molar-refractivity contribution in [2.45, 2.75) is 6.42 Å². The van der Waals surface area contributed by atoms with Crippen molar-refractivity contribution in [3.63, 3.8) is 0 Å². The molecule has 0 saturated heterocycles. The molecule has 4 rings (SSSR count). The zero-order valence-corrected chi connectivity index (χ0v) is 17.9. The van der Waals surface area contributed by atoms with Crippen LogP contribution in [-0.2, 0) is 11.2 Å². The molecular formula is C25H20N2O6. The van der Waals surface area contributed by atoms with Crippen molar-refractivity contribution >= 4 is 28.4 Å². The van der Waals surface area contributed by atoms with Crippen LogP contribution in [-0.4, -0.2) is 41.4 Å².